The molecule has 4 aromatic rings. The summed E-state index contributed by atoms with van der Waals surface area (Å²) >= 11 is 2.49. The van der Waals surface area contributed by atoms with Crippen LogP contribution in [0.3, 0.4) is 0 Å². The fourth-order valence-corrected chi connectivity index (χ4v) is 7.27. The Hall–Kier alpha value is -4.34. The minimum Gasteiger partial charge on any atom is -0.478 e. The molecule has 192 valence electrons. The van der Waals surface area contributed by atoms with Crippen LogP contribution in [0.2, 0.25) is 0 Å². The van der Waals surface area contributed by atoms with Crippen molar-refractivity contribution in [2.24, 2.45) is 0 Å². The van der Waals surface area contributed by atoms with Crippen LogP contribution in [0, 0.1) is 0 Å². The second-order valence-corrected chi connectivity index (χ2v) is 11.1. The van der Waals surface area contributed by atoms with E-state index < -0.39 is 23.9 Å². The topological polar surface area (TPSA) is 118 Å². The van der Waals surface area contributed by atoms with Crippen LogP contribution >= 0.6 is 23.5 Å². The van der Waals surface area contributed by atoms with E-state index in [1.54, 1.807) is 12.1 Å². The highest BCUT2D eigenvalue weighted by atomic mass is 32.2. The van der Waals surface area contributed by atoms with Crippen LogP contribution < -0.4 is 0 Å². The molecule has 0 spiro atoms. The number of carbonyl (C=O) groups excluding carboxylic acids is 2. The number of aromatic carboxylic acids is 2. The van der Waals surface area contributed by atoms with Gasteiger partial charge in [-0.05, 0) is 59.4 Å². The summed E-state index contributed by atoms with van der Waals surface area (Å²) in [4.78, 5) is 53.5. The van der Waals surface area contributed by atoms with Crippen molar-refractivity contribution in [1.29, 1.82) is 0 Å². The molecule has 9 heteroatoms. The lowest BCUT2D eigenvalue weighted by molar-refractivity contribution is 0.0385. The number of ether oxygens (including phenoxy) is 1. The van der Waals surface area contributed by atoms with Crippen molar-refractivity contribution < 1.29 is 34.1 Å². The summed E-state index contributed by atoms with van der Waals surface area (Å²) in [6, 6.07) is 21.2. The predicted octanol–water partition coefficient (Wildman–Crippen LogP) is 6.19. The molecule has 0 amide bonds. The third-order valence-electron chi connectivity index (χ3n) is 6.66. The number of hydrogen-bond acceptors (Lipinski definition) is 7. The number of fused-ring (bicyclic) bond motifs is 4. The van der Waals surface area contributed by atoms with Gasteiger partial charge in [0, 0.05) is 19.6 Å². The summed E-state index contributed by atoms with van der Waals surface area (Å²) in [5, 5.41) is 20.0. The molecule has 2 N–H and O–H groups in total. The van der Waals surface area contributed by atoms with Gasteiger partial charge in [-0.3, -0.25) is 0 Å². The van der Waals surface area contributed by atoms with Gasteiger partial charge in [-0.15, -0.1) is 0 Å². The van der Waals surface area contributed by atoms with E-state index in [0.29, 0.717) is 22.6 Å². The SMILES string of the molecule is O=C(OC(=O)c1ccc2c(c1C(=O)O)Sc1ccccc1C2)c1ccc2c(c1C(=O)O)Sc1ccccc1C2. The molecular formula is C30H18O7S2. The summed E-state index contributed by atoms with van der Waals surface area (Å²) in [7, 11) is 0. The number of carbonyl (C=O) groups is 4. The zero-order valence-electron chi connectivity index (χ0n) is 20.1. The van der Waals surface area contributed by atoms with Crippen molar-refractivity contribution >= 4 is 47.4 Å². The molecule has 0 unspecified atom stereocenters. The van der Waals surface area contributed by atoms with Gasteiger partial charge >= 0.3 is 23.9 Å². The van der Waals surface area contributed by atoms with Gasteiger partial charge in [-0.1, -0.05) is 72.1 Å². The molecule has 0 saturated heterocycles. The summed E-state index contributed by atoms with van der Waals surface area (Å²) in [5.41, 5.74) is 2.54. The quantitative estimate of drug-likeness (QED) is 0.194. The lowest BCUT2D eigenvalue weighted by Gasteiger charge is -2.22. The zero-order valence-corrected chi connectivity index (χ0v) is 21.7. The molecule has 6 rings (SSSR count). The molecule has 0 bridgehead atoms. The van der Waals surface area contributed by atoms with E-state index in [9.17, 15) is 29.4 Å². The molecule has 7 nitrogen and oxygen atoms in total. The fourth-order valence-electron chi connectivity index (χ4n) is 4.85. The van der Waals surface area contributed by atoms with E-state index in [1.165, 1.54) is 35.7 Å². The van der Waals surface area contributed by atoms with Crippen LogP contribution in [0.15, 0.2) is 92.4 Å². The van der Waals surface area contributed by atoms with Crippen LogP contribution in [0.25, 0.3) is 0 Å². The molecule has 0 atom stereocenters. The number of carboxylic acids is 2. The number of carboxylic acid groups (broad SMARTS) is 2. The number of rotatable bonds is 4. The molecule has 4 aromatic carbocycles. The maximum atomic E-state index is 13.2. The lowest BCUT2D eigenvalue weighted by atomic mass is 9.97. The summed E-state index contributed by atoms with van der Waals surface area (Å²) < 4.78 is 5.10. The maximum absolute atomic E-state index is 13.2. The first kappa shape index (κ1) is 25.0. The van der Waals surface area contributed by atoms with Gasteiger partial charge in [-0.25, -0.2) is 19.2 Å². The van der Waals surface area contributed by atoms with Crippen LogP contribution in [-0.2, 0) is 17.6 Å². The molecule has 2 aliphatic heterocycles. The molecule has 0 radical (unpaired) electrons. The van der Waals surface area contributed by atoms with E-state index in [4.69, 9.17) is 4.74 Å². The average Bonchev–Trinajstić information content (AvgIpc) is 2.93. The molecule has 0 aliphatic carbocycles. The second-order valence-electron chi connectivity index (χ2n) is 9.01. The summed E-state index contributed by atoms with van der Waals surface area (Å²) in [5.74, 6) is -4.97. The van der Waals surface area contributed by atoms with E-state index in [0.717, 1.165) is 32.0 Å². The van der Waals surface area contributed by atoms with Gasteiger partial charge in [0.25, 0.3) is 0 Å². The van der Waals surface area contributed by atoms with Crippen LogP contribution in [-0.4, -0.2) is 34.1 Å². The first-order valence-electron chi connectivity index (χ1n) is 11.9. The van der Waals surface area contributed by atoms with Gasteiger partial charge in [0.2, 0.25) is 0 Å². The Bertz CT molecular complexity index is 1610. The van der Waals surface area contributed by atoms with Gasteiger partial charge < -0.3 is 14.9 Å². The number of benzene rings is 4. The molecule has 2 aliphatic rings. The normalized spacial score (nSPS) is 12.8. The maximum Gasteiger partial charge on any atom is 0.346 e. The van der Waals surface area contributed by atoms with Crippen molar-refractivity contribution in [3.8, 4) is 0 Å². The van der Waals surface area contributed by atoms with Gasteiger partial charge in [-0.2, -0.15) is 0 Å². The first-order chi connectivity index (χ1) is 18.8. The Morgan fingerprint density at radius 3 is 1.38 bits per heavy atom. The highest BCUT2D eigenvalue weighted by Crippen LogP contribution is 2.44. The first-order valence-corrected chi connectivity index (χ1v) is 13.5. The van der Waals surface area contributed by atoms with Crippen molar-refractivity contribution in [3.63, 3.8) is 0 Å². The van der Waals surface area contributed by atoms with Crippen LogP contribution in [0.5, 0.6) is 0 Å². The average molecular weight is 555 g/mol. The fraction of sp³-hybridized carbons (Fsp3) is 0.0667. The Kier molecular flexibility index (Phi) is 6.25. The van der Waals surface area contributed by atoms with Crippen molar-refractivity contribution in [2.45, 2.75) is 32.4 Å². The Labute approximate surface area is 230 Å². The second kappa shape index (κ2) is 9.76. The van der Waals surface area contributed by atoms with Gasteiger partial charge in [0.1, 0.15) is 0 Å². The monoisotopic (exact) mass is 554 g/mol. The standard InChI is InChI=1S/C30H18O7S2/c31-27(32)23-19(11-9-17-13-15-5-1-3-7-21(15)38-25(17)23)29(35)37-30(36)20-12-10-18-14-16-6-2-4-8-22(16)39-26(18)24(20)28(33)34/h1-12H,13-14H2,(H,31,32)(H,33,34). The highest BCUT2D eigenvalue weighted by molar-refractivity contribution is 7.99. The third kappa shape index (κ3) is 4.39. The smallest absolute Gasteiger partial charge is 0.346 e. The van der Waals surface area contributed by atoms with Crippen LogP contribution in [0.4, 0.5) is 0 Å². The number of esters is 2. The minimum atomic E-state index is -1.33. The van der Waals surface area contributed by atoms with E-state index in [1.807, 2.05) is 48.5 Å². The molecule has 0 saturated carbocycles. The van der Waals surface area contributed by atoms with E-state index >= 15 is 0 Å². The van der Waals surface area contributed by atoms with Gasteiger partial charge in [0.05, 0.1) is 22.3 Å². The molecular weight excluding hydrogens is 536 g/mol. The zero-order chi connectivity index (χ0) is 27.3. The molecule has 0 aromatic heterocycles. The third-order valence-corrected chi connectivity index (χ3v) is 9.24. The number of hydrogen-bond donors (Lipinski definition) is 2. The van der Waals surface area contributed by atoms with Crippen LogP contribution in [0.1, 0.15) is 63.7 Å². The van der Waals surface area contributed by atoms with E-state index in [-0.39, 0.29) is 22.3 Å². The largest absolute Gasteiger partial charge is 0.478 e. The lowest BCUT2D eigenvalue weighted by Crippen LogP contribution is -2.21. The molecule has 0 fully saturated rings. The van der Waals surface area contributed by atoms with Crippen molar-refractivity contribution in [3.05, 3.63) is 117 Å². The summed E-state index contributed by atoms with van der Waals surface area (Å²) in [6.45, 7) is 0. The predicted molar refractivity (Wildman–Crippen MR) is 143 cm³/mol. The Morgan fingerprint density at radius 1 is 0.564 bits per heavy atom. The highest BCUT2D eigenvalue weighted by Gasteiger charge is 2.32. The van der Waals surface area contributed by atoms with Crippen molar-refractivity contribution in [1.82, 2.24) is 0 Å². The minimum absolute atomic E-state index is 0.249. The summed E-state index contributed by atoms with van der Waals surface area (Å²) in [6.07, 6.45) is 1.01. The van der Waals surface area contributed by atoms with E-state index in [2.05, 4.69) is 0 Å². The molecule has 39 heavy (non-hydrogen) atoms. The van der Waals surface area contributed by atoms with Gasteiger partial charge in [0.15, 0.2) is 0 Å². The Morgan fingerprint density at radius 2 is 0.974 bits per heavy atom. The Balaban J connectivity index is 1.34. The molecule has 2 heterocycles. The van der Waals surface area contributed by atoms with Crippen molar-refractivity contribution in [2.75, 3.05) is 0 Å².